The number of likely N-dealkylation sites (N-methyl/N-ethyl adjacent to an activating group) is 1. The molecule has 0 radical (unpaired) electrons. The van der Waals surface area contributed by atoms with Gasteiger partial charge in [0, 0.05) is 24.2 Å². The number of benzene rings is 2. The number of ether oxygens (including phenoxy) is 1. The summed E-state index contributed by atoms with van der Waals surface area (Å²) in [5, 5.41) is 7.00. The van der Waals surface area contributed by atoms with Crippen LogP contribution < -0.4 is 10.1 Å². The maximum atomic E-state index is 12.6. The van der Waals surface area contributed by atoms with E-state index in [0.717, 1.165) is 25.2 Å². The summed E-state index contributed by atoms with van der Waals surface area (Å²) in [5.74, 6) is 1.18. The van der Waals surface area contributed by atoms with Crippen LogP contribution in [-0.4, -0.2) is 54.2 Å². The summed E-state index contributed by atoms with van der Waals surface area (Å²) in [6, 6.07) is 14.8. The summed E-state index contributed by atoms with van der Waals surface area (Å²) in [5.41, 5.74) is 2.04. The van der Waals surface area contributed by atoms with Gasteiger partial charge in [-0.05, 0) is 43.4 Å². The fourth-order valence-electron chi connectivity index (χ4n) is 3.02. The Morgan fingerprint density at radius 1 is 1.10 bits per heavy atom. The van der Waals surface area contributed by atoms with Crippen molar-refractivity contribution in [1.29, 1.82) is 0 Å². The lowest BCUT2D eigenvalue weighted by molar-refractivity contribution is 0.0946. The Kier molecular flexibility index (Phi) is 6.97. The molecule has 0 aliphatic carbocycles. The molecule has 1 N–H and O–H groups in total. The molecular weight excluding hydrogens is 368 g/mol. The average molecular weight is 394 g/mol. The Balaban J connectivity index is 1.74. The van der Waals surface area contributed by atoms with E-state index in [4.69, 9.17) is 9.26 Å². The van der Waals surface area contributed by atoms with Gasteiger partial charge in [0.1, 0.15) is 5.75 Å². The van der Waals surface area contributed by atoms with Crippen LogP contribution in [0.25, 0.3) is 22.8 Å². The molecule has 2 aromatic carbocycles. The second-order valence-electron chi connectivity index (χ2n) is 6.49. The zero-order chi connectivity index (χ0) is 20.6. The number of rotatable bonds is 9. The molecule has 1 amide bonds. The van der Waals surface area contributed by atoms with Crippen molar-refractivity contribution < 1.29 is 14.1 Å². The number of nitrogens with zero attached hydrogens (tertiary/aromatic N) is 3. The molecule has 3 rings (SSSR count). The summed E-state index contributed by atoms with van der Waals surface area (Å²) < 4.78 is 10.8. The van der Waals surface area contributed by atoms with Gasteiger partial charge in [0.05, 0.1) is 12.7 Å². The summed E-state index contributed by atoms with van der Waals surface area (Å²) in [6.07, 6.45) is 0. The van der Waals surface area contributed by atoms with Crippen LogP contribution in [0.4, 0.5) is 0 Å². The van der Waals surface area contributed by atoms with Crippen molar-refractivity contribution in [3.05, 3.63) is 54.1 Å². The van der Waals surface area contributed by atoms with Gasteiger partial charge in [-0.1, -0.05) is 37.2 Å². The zero-order valence-corrected chi connectivity index (χ0v) is 17.0. The third kappa shape index (κ3) is 5.00. The van der Waals surface area contributed by atoms with Gasteiger partial charge in [0.25, 0.3) is 11.8 Å². The molecule has 3 aromatic rings. The largest absolute Gasteiger partial charge is 0.496 e. The first-order valence-corrected chi connectivity index (χ1v) is 9.74. The molecule has 7 nitrogen and oxygen atoms in total. The van der Waals surface area contributed by atoms with Gasteiger partial charge < -0.3 is 19.5 Å². The van der Waals surface area contributed by atoms with Crippen LogP contribution in [0.3, 0.4) is 0 Å². The predicted molar refractivity (Wildman–Crippen MR) is 112 cm³/mol. The number of hydrogen-bond donors (Lipinski definition) is 1. The van der Waals surface area contributed by atoms with Crippen molar-refractivity contribution in [2.24, 2.45) is 0 Å². The van der Waals surface area contributed by atoms with Crippen LogP contribution in [-0.2, 0) is 0 Å². The molecule has 152 valence electrons. The summed E-state index contributed by atoms with van der Waals surface area (Å²) >= 11 is 0. The first kappa shape index (κ1) is 20.5. The van der Waals surface area contributed by atoms with Crippen molar-refractivity contribution in [2.45, 2.75) is 13.8 Å². The molecule has 1 heterocycles. The van der Waals surface area contributed by atoms with Crippen molar-refractivity contribution >= 4 is 5.91 Å². The molecule has 7 heteroatoms. The first-order chi connectivity index (χ1) is 14.2. The second kappa shape index (κ2) is 9.84. The van der Waals surface area contributed by atoms with E-state index in [2.05, 4.69) is 34.2 Å². The Morgan fingerprint density at radius 3 is 2.55 bits per heavy atom. The van der Waals surface area contributed by atoms with E-state index >= 15 is 0 Å². The highest BCUT2D eigenvalue weighted by Crippen LogP contribution is 2.27. The number of hydrogen-bond acceptors (Lipinski definition) is 6. The molecule has 0 unspecified atom stereocenters. The van der Waals surface area contributed by atoms with E-state index in [1.807, 2.05) is 30.3 Å². The van der Waals surface area contributed by atoms with Gasteiger partial charge in [-0.2, -0.15) is 4.98 Å². The number of methoxy groups -OCH3 is 1. The maximum absolute atomic E-state index is 12.6. The Bertz CT molecular complexity index is 936. The minimum atomic E-state index is -0.168. The molecule has 0 aliphatic rings. The SMILES string of the molecule is CCN(CC)CCNC(=O)c1ccc(-c2noc(-c3ccccc3)n2)cc1OC. The van der Waals surface area contributed by atoms with Crippen LogP contribution in [0, 0.1) is 0 Å². The van der Waals surface area contributed by atoms with E-state index in [0.29, 0.717) is 35.1 Å². The molecular formula is C22H26N4O3. The lowest BCUT2D eigenvalue weighted by Crippen LogP contribution is -2.34. The standard InChI is InChI=1S/C22H26N4O3/c1-4-26(5-2)14-13-23-21(27)18-12-11-17(15-19(18)28-3)20-24-22(29-25-20)16-9-7-6-8-10-16/h6-12,15H,4-5,13-14H2,1-3H3,(H,23,27). The summed E-state index contributed by atoms with van der Waals surface area (Å²) in [7, 11) is 1.54. The molecule has 29 heavy (non-hydrogen) atoms. The van der Waals surface area contributed by atoms with Crippen LogP contribution >= 0.6 is 0 Å². The van der Waals surface area contributed by atoms with Crippen molar-refractivity contribution in [3.8, 4) is 28.6 Å². The molecule has 0 fully saturated rings. The number of amides is 1. The molecule has 0 saturated carbocycles. The number of nitrogens with one attached hydrogen (secondary N) is 1. The number of carbonyl (C=O) groups is 1. The predicted octanol–water partition coefficient (Wildman–Crippen LogP) is 3.48. The van der Waals surface area contributed by atoms with Gasteiger partial charge >= 0.3 is 0 Å². The van der Waals surface area contributed by atoms with Gasteiger partial charge in [0.2, 0.25) is 5.82 Å². The van der Waals surface area contributed by atoms with E-state index < -0.39 is 0 Å². The molecule has 0 spiro atoms. The van der Waals surface area contributed by atoms with Gasteiger partial charge in [-0.15, -0.1) is 0 Å². The van der Waals surface area contributed by atoms with Crippen LogP contribution in [0.15, 0.2) is 53.1 Å². The Labute approximate surface area is 170 Å². The highest BCUT2D eigenvalue weighted by Gasteiger charge is 2.16. The monoisotopic (exact) mass is 394 g/mol. The Hall–Kier alpha value is -3.19. The van der Waals surface area contributed by atoms with Crippen molar-refractivity contribution in [2.75, 3.05) is 33.3 Å². The lowest BCUT2D eigenvalue weighted by Gasteiger charge is -2.18. The van der Waals surface area contributed by atoms with E-state index in [1.54, 1.807) is 18.2 Å². The minimum Gasteiger partial charge on any atom is -0.496 e. The average Bonchev–Trinajstić information content (AvgIpc) is 3.27. The highest BCUT2D eigenvalue weighted by atomic mass is 16.5. The lowest BCUT2D eigenvalue weighted by atomic mass is 10.1. The van der Waals surface area contributed by atoms with Crippen LogP contribution in [0.2, 0.25) is 0 Å². The fourth-order valence-corrected chi connectivity index (χ4v) is 3.02. The minimum absolute atomic E-state index is 0.168. The van der Waals surface area contributed by atoms with Gasteiger partial charge in [0.15, 0.2) is 0 Å². The van der Waals surface area contributed by atoms with E-state index in [-0.39, 0.29) is 5.91 Å². The zero-order valence-electron chi connectivity index (χ0n) is 17.0. The molecule has 0 atom stereocenters. The molecule has 0 aliphatic heterocycles. The second-order valence-corrected chi connectivity index (χ2v) is 6.49. The quantitative estimate of drug-likeness (QED) is 0.598. The summed E-state index contributed by atoms with van der Waals surface area (Å²) in [6.45, 7) is 7.52. The van der Waals surface area contributed by atoms with E-state index in [9.17, 15) is 4.79 Å². The first-order valence-electron chi connectivity index (χ1n) is 9.74. The Morgan fingerprint density at radius 2 is 1.86 bits per heavy atom. The third-order valence-electron chi connectivity index (χ3n) is 4.76. The van der Waals surface area contributed by atoms with Crippen molar-refractivity contribution in [3.63, 3.8) is 0 Å². The third-order valence-corrected chi connectivity index (χ3v) is 4.76. The number of aromatic nitrogens is 2. The smallest absolute Gasteiger partial charge is 0.258 e. The highest BCUT2D eigenvalue weighted by molar-refractivity contribution is 5.97. The molecule has 0 saturated heterocycles. The van der Waals surface area contributed by atoms with E-state index in [1.165, 1.54) is 7.11 Å². The van der Waals surface area contributed by atoms with Gasteiger partial charge in [-0.25, -0.2) is 0 Å². The number of carbonyl (C=O) groups excluding carboxylic acids is 1. The molecule has 0 bridgehead atoms. The maximum Gasteiger partial charge on any atom is 0.258 e. The normalized spacial score (nSPS) is 10.9. The van der Waals surface area contributed by atoms with Crippen LogP contribution in [0.1, 0.15) is 24.2 Å². The van der Waals surface area contributed by atoms with Crippen LogP contribution in [0.5, 0.6) is 5.75 Å². The summed E-state index contributed by atoms with van der Waals surface area (Å²) in [4.78, 5) is 19.3. The fraction of sp³-hybridized carbons (Fsp3) is 0.318. The van der Waals surface area contributed by atoms with Gasteiger partial charge in [-0.3, -0.25) is 4.79 Å². The topological polar surface area (TPSA) is 80.5 Å². The van der Waals surface area contributed by atoms with Crippen molar-refractivity contribution in [1.82, 2.24) is 20.4 Å². The molecule has 1 aromatic heterocycles.